The highest BCUT2D eigenvalue weighted by molar-refractivity contribution is 5.95. The second-order valence-corrected chi connectivity index (χ2v) is 9.90. The molecule has 0 aliphatic carbocycles. The molecule has 0 fully saturated rings. The highest BCUT2D eigenvalue weighted by atomic mass is 19.1. The van der Waals surface area contributed by atoms with Gasteiger partial charge in [0.2, 0.25) is 0 Å². The van der Waals surface area contributed by atoms with E-state index >= 15 is 0 Å². The predicted octanol–water partition coefficient (Wildman–Crippen LogP) is 7.35. The van der Waals surface area contributed by atoms with Crippen LogP contribution < -0.4 is 5.32 Å². The second-order valence-electron chi connectivity index (χ2n) is 9.90. The van der Waals surface area contributed by atoms with Gasteiger partial charge in [0.05, 0.1) is 11.6 Å². The maximum Gasteiger partial charge on any atom is 0.159 e. The van der Waals surface area contributed by atoms with Crippen LogP contribution in [0, 0.1) is 18.7 Å². The van der Waals surface area contributed by atoms with Gasteiger partial charge in [-0.3, -0.25) is 4.98 Å². The molecule has 5 nitrogen and oxygen atoms in total. The number of hydrogen-bond donors (Lipinski definition) is 2. The van der Waals surface area contributed by atoms with Crippen LogP contribution in [0.4, 0.5) is 10.1 Å². The minimum absolute atomic E-state index is 0.187. The van der Waals surface area contributed by atoms with Crippen molar-refractivity contribution in [1.82, 2.24) is 15.0 Å². The molecule has 2 N–H and O–H groups in total. The molecule has 0 amide bonds. The number of aromatic nitrogens is 3. The van der Waals surface area contributed by atoms with Crippen LogP contribution in [0.15, 0.2) is 61.1 Å². The molecular weight excluding hydrogens is 451 g/mol. The Bertz CT molecular complexity index is 1340. The molecule has 36 heavy (non-hydrogen) atoms. The van der Waals surface area contributed by atoms with Crippen LogP contribution in [0.1, 0.15) is 70.0 Å². The van der Waals surface area contributed by atoms with Crippen molar-refractivity contribution in [3.63, 3.8) is 0 Å². The van der Waals surface area contributed by atoms with Gasteiger partial charge in [0.1, 0.15) is 11.4 Å². The summed E-state index contributed by atoms with van der Waals surface area (Å²) in [5.74, 6) is 0.433. The third-order valence-electron chi connectivity index (χ3n) is 7.01. The molecule has 188 valence electrons. The maximum atomic E-state index is 14.8. The fraction of sp³-hybridized carbons (Fsp3) is 0.367. The van der Waals surface area contributed by atoms with Crippen LogP contribution in [0.2, 0.25) is 0 Å². The van der Waals surface area contributed by atoms with E-state index in [0.717, 1.165) is 46.1 Å². The number of anilines is 1. The lowest BCUT2D eigenvalue weighted by Gasteiger charge is -2.28. The second kappa shape index (κ2) is 10.7. The molecule has 3 atom stereocenters. The van der Waals surface area contributed by atoms with Crippen molar-refractivity contribution in [3.8, 4) is 11.1 Å². The molecule has 0 radical (unpaired) electrons. The van der Waals surface area contributed by atoms with Crippen LogP contribution in [0.3, 0.4) is 0 Å². The van der Waals surface area contributed by atoms with Crippen LogP contribution in [0.25, 0.3) is 22.0 Å². The van der Waals surface area contributed by atoms with E-state index in [2.05, 4.69) is 40.2 Å². The van der Waals surface area contributed by atoms with Gasteiger partial charge in [-0.15, -0.1) is 0 Å². The first-order chi connectivity index (χ1) is 17.2. The molecule has 2 aromatic carbocycles. The van der Waals surface area contributed by atoms with Crippen molar-refractivity contribution in [3.05, 3.63) is 83.8 Å². The lowest BCUT2D eigenvalue weighted by molar-refractivity contribution is 0.0376. The van der Waals surface area contributed by atoms with Crippen molar-refractivity contribution >= 4 is 16.6 Å². The van der Waals surface area contributed by atoms with Gasteiger partial charge in [0.15, 0.2) is 5.82 Å². The van der Waals surface area contributed by atoms with Gasteiger partial charge in [-0.25, -0.2) is 14.4 Å². The third-order valence-corrected chi connectivity index (χ3v) is 7.01. The summed E-state index contributed by atoms with van der Waals surface area (Å²) in [6.07, 6.45) is 7.71. The molecule has 2 aromatic heterocycles. The number of nitrogens with one attached hydrogen (secondary N) is 1. The summed E-state index contributed by atoms with van der Waals surface area (Å²) in [6, 6.07) is 12.9. The van der Waals surface area contributed by atoms with Gasteiger partial charge in [0, 0.05) is 40.8 Å². The number of fused-ring (bicyclic) bond motifs is 1. The van der Waals surface area contributed by atoms with Gasteiger partial charge >= 0.3 is 0 Å². The zero-order valence-electron chi connectivity index (χ0n) is 21.7. The van der Waals surface area contributed by atoms with Crippen LogP contribution in [-0.2, 0) is 5.60 Å². The fourth-order valence-corrected chi connectivity index (χ4v) is 4.66. The number of benzene rings is 2. The molecule has 4 aromatic rings. The molecular formula is C30H35FN4O. The standard InChI is InChI=1S/C30H35FN4O/c1-6-14-30(5,36)29-33-17-22(18-34-29)21-12-13-26-24(15-21)28(20(4)16-32-26)35-27(19(3)7-2)23-10-8-9-11-25(23)31/h8-13,15-19,27,36H,6-7,14H2,1-5H3,(H,32,35). The molecule has 0 saturated carbocycles. The SMILES string of the molecule is CCCC(C)(O)c1ncc(-c2ccc3ncc(C)c(NC(c4ccccc4F)C(C)CC)c3c2)cn1. The van der Waals surface area contributed by atoms with Crippen LogP contribution in [-0.4, -0.2) is 20.1 Å². The maximum absolute atomic E-state index is 14.8. The summed E-state index contributed by atoms with van der Waals surface area (Å²) in [7, 11) is 0. The number of aryl methyl sites for hydroxylation is 1. The van der Waals surface area contributed by atoms with Crippen LogP contribution >= 0.6 is 0 Å². The van der Waals surface area contributed by atoms with E-state index < -0.39 is 5.60 Å². The minimum atomic E-state index is -1.05. The molecule has 0 aliphatic rings. The number of aliphatic hydroxyl groups is 1. The molecule has 0 aliphatic heterocycles. The van der Waals surface area contributed by atoms with Gasteiger partial charge in [-0.05, 0) is 55.5 Å². The van der Waals surface area contributed by atoms with Crippen molar-refractivity contribution in [2.75, 3.05) is 5.32 Å². The quantitative estimate of drug-likeness (QED) is 0.259. The average molecular weight is 487 g/mol. The summed E-state index contributed by atoms with van der Waals surface area (Å²) >= 11 is 0. The van der Waals surface area contributed by atoms with Crippen molar-refractivity contribution < 1.29 is 9.50 Å². The first kappa shape index (κ1) is 25.7. The number of halogens is 1. The van der Waals surface area contributed by atoms with Gasteiger partial charge in [-0.2, -0.15) is 0 Å². The zero-order valence-corrected chi connectivity index (χ0v) is 21.7. The monoisotopic (exact) mass is 486 g/mol. The molecule has 4 rings (SSSR count). The molecule has 0 saturated heterocycles. The normalized spacial score (nSPS) is 14.9. The van der Waals surface area contributed by atoms with E-state index in [1.54, 1.807) is 25.4 Å². The Morgan fingerprint density at radius 1 is 1.00 bits per heavy atom. The van der Waals surface area contributed by atoms with E-state index in [4.69, 9.17) is 0 Å². The Labute approximate surface area is 212 Å². The van der Waals surface area contributed by atoms with Crippen molar-refractivity contribution in [1.29, 1.82) is 0 Å². The lowest BCUT2D eigenvalue weighted by atomic mass is 9.91. The van der Waals surface area contributed by atoms with E-state index in [1.807, 2.05) is 44.3 Å². The smallest absolute Gasteiger partial charge is 0.159 e. The summed E-state index contributed by atoms with van der Waals surface area (Å²) in [5.41, 5.74) is 4.21. The van der Waals surface area contributed by atoms with Crippen LogP contribution in [0.5, 0.6) is 0 Å². The predicted molar refractivity (Wildman–Crippen MR) is 144 cm³/mol. The molecule has 0 bridgehead atoms. The van der Waals surface area contributed by atoms with Gasteiger partial charge < -0.3 is 10.4 Å². The Morgan fingerprint density at radius 2 is 1.72 bits per heavy atom. The summed E-state index contributed by atoms with van der Waals surface area (Å²) in [6.45, 7) is 10.1. The topological polar surface area (TPSA) is 70.9 Å². The molecule has 0 spiro atoms. The first-order valence-electron chi connectivity index (χ1n) is 12.7. The Hall–Kier alpha value is -3.38. The van der Waals surface area contributed by atoms with E-state index in [-0.39, 0.29) is 17.8 Å². The number of nitrogens with zero attached hydrogens (tertiary/aromatic N) is 3. The summed E-state index contributed by atoms with van der Waals surface area (Å²) in [4.78, 5) is 13.6. The Kier molecular flexibility index (Phi) is 7.65. The van der Waals surface area contributed by atoms with Gasteiger partial charge in [0.25, 0.3) is 0 Å². The Morgan fingerprint density at radius 3 is 2.39 bits per heavy atom. The average Bonchev–Trinajstić information content (AvgIpc) is 2.88. The highest BCUT2D eigenvalue weighted by Crippen LogP contribution is 2.36. The van der Waals surface area contributed by atoms with Crippen molar-refractivity contribution in [2.24, 2.45) is 5.92 Å². The minimum Gasteiger partial charge on any atom is -0.382 e. The first-order valence-corrected chi connectivity index (χ1v) is 12.7. The number of hydrogen-bond acceptors (Lipinski definition) is 5. The highest BCUT2D eigenvalue weighted by Gasteiger charge is 2.25. The molecule has 3 unspecified atom stereocenters. The Balaban J connectivity index is 1.76. The zero-order chi connectivity index (χ0) is 25.9. The number of pyridine rings is 1. The van der Waals surface area contributed by atoms with Crippen molar-refractivity contribution in [2.45, 2.75) is 65.5 Å². The molecule has 6 heteroatoms. The summed E-state index contributed by atoms with van der Waals surface area (Å²) in [5, 5.41) is 15.3. The van der Waals surface area contributed by atoms with E-state index in [1.165, 1.54) is 6.07 Å². The van der Waals surface area contributed by atoms with Gasteiger partial charge in [-0.1, -0.05) is 57.9 Å². The number of rotatable bonds is 9. The lowest BCUT2D eigenvalue weighted by Crippen LogP contribution is -2.23. The summed E-state index contributed by atoms with van der Waals surface area (Å²) < 4.78 is 14.8. The van der Waals surface area contributed by atoms with E-state index in [0.29, 0.717) is 17.8 Å². The third kappa shape index (κ3) is 5.24. The largest absolute Gasteiger partial charge is 0.382 e. The van der Waals surface area contributed by atoms with E-state index in [9.17, 15) is 9.50 Å². The fourth-order valence-electron chi connectivity index (χ4n) is 4.66. The molecule has 2 heterocycles.